The molecule has 1 aromatic carbocycles. The summed E-state index contributed by atoms with van der Waals surface area (Å²) in [6.07, 6.45) is 0.401. The van der Waals surface area contributed by atoms with E-state index in [9.17, 15) is 9.59 Å². The van der Waals surface area contributed by atoms with E-state index in [1.54, 1.807) is 37.3 Å². The number of esters is 1. The van der Waals surface area contributed by atoms with Gasteiger partial charge in [0.1, 0.15) is 17.8 Å². The molecule has 0 aliphatic heterocycles. The molecule has 1 unspecified atom stereocenters. The molecule has 0 aliphatic rings. The molecule has 20 heavy (non-hydrogen) atoms. The molecule has 2 rings (SSSR count). The highest BCUT2D eigenvalue weighted by molar-refractivity contribution is 5.86. The van der Waals surface area contributed by atoms with Gasteiger partial charge < -0.3 is 13.9 Å². The Morgan fingerprint density at radius 2 is 1.90 bits per heavy atom. The van der Waals surface area contributed by atoms with Crippen molar-refractivity contribution in [3.8, 4) is 5.75 Å². The molecule has 1 atom stereocenters. The molecular formula is C15H14O5. The van der Waals surface area contributed by atoms with Crippen LogP contribution in [0.15, 0.2) is 40.8 Å². The highest BCUT2D eigenvalue weighted by atomic mass is 16.5. The monoisotopic (exact) mass is 274 g/mol. The predicted molar refractivity (Wildman–Crippen MR) is 70.9 cm³/mol. The zero-order valence-corrected chi connectivity index (χ0v) is 11.2. The highest BCUT2D eigenvalue weighted by Crippen LogP contribution is 2.23. The Balaban J connectivity index is 2.07. The molecule has 5 heteroatoms. The lowest BCUT2D eigenvalue weighted by Gasteiger charge is -2.12. The summed E-state index contributed by atoms with van der Waals surface area (Å²) >= 11 is 0. The average Bonchev–Trinajstić information content (AvgIpc) is 2.97. The first-order valence-corrected chi connectivity index (χ1v) is 6.04. The Kier molecular flexibility index (Phi) is 4.20. The van der Waals surface area contributed by atoms with Gasteiger partial charge in [-0.05, 0) is 43.3 Å². The van der Waals surface area contributed by atoms with E-state index >= 15 is 0 Å². The van der Waals surface area contributed by atoms with Gasteiger partial charge in [0.2, 0.25) is 5.76 Å². The molecule has 5 nitrogen and oxygen atoms in total. The number of furan rings is 1. The summed E-state index contributed by atoms with van der Waals surface area (Å²) in [7, 11) is 1.29. The number of ether oxygens (including phenoxy) is 2. The maximum atomic E-state index is 11.3. The van der Waals surface area contributed by atoms with E-state index in [4.69, 9.17) is 9.15 Å². The Morgan fingerprint density at radius 3 is 2.50 bits per heavy atom. The van der Waals surface area contributed by atoms with Gasteiger partial charge in [0, 0.05) is 5.56 Å². The van der Waals surface area contributed by atoms with Crippen LogP contribution in [-0.4, -0.2) is 19.4 Å². The number of benzene rings is 1. The molecule has 0 bridgehead atoms. The Bertz CT molecular complexity index is 597. The third-order valence-electron chi connectivity index (χ3n) is 2.74. The van der Waals surface area contributed by atoms with Crippen LogP contribution in [0.1, 0.15) is 39.7 Å². The minimum atomic E-state index is -0.529. The summed E-state index contributed by atoms with van der Waals surface area (Å²) in [5.74, 6) is 0.733. The topological polar surface area (TPSA) is 65.7 Å². The van der Waals surface area contributed by atoms with Gasteiger partial charge in [-0.1, -0.05) is 0 Å². The van der Waals surface area contributed by atoms with E-state index < -0.39 is 5.97 Å². The van der Waals surface area contributed by atoms with Crippen molar-refractivity contribution in [3.05, 3.63) is 53.5 Å². The van der Waals surface area contributed by atoms with Crippen LogP contribution >= 0.6 is 0 Å². The standard InChI is InChI=1S/C15H14O5/c1-10(13-7-8-14(20-13)15(17)18-2)19-12-5-3-11(9-16)4-6-12/h3-10H,1-2H3. The number of hydrogen-bond acceptors (Lipinski definition) is 5. The maximum Gasteiger partial charge on any atom is 0.373 e. The number of methoxy groups -OCH3 is 1. The van der Waals surface area contributed by atoms with Gasteiger partial charge in [0.15, 0.2) is 6.10 Å². The van der Waals surface area contributed by atoms with Gasteiger partial charge in [-0.25, -0.2) is 4.79 Å². The first kappa shape index (κ1) is 13.9. The minimum Gasteiger partial charge on any atom is -0.483 e. The molecule has 0 fully saturated rings. The summed E-state index contributed by atoms with van der Waals surface area (Å²) in [5, 5.41) is 0. The number of carbonyl (C=O) groups is 2. The molecular weight excluding hydrogens is 260 g/mol. The molecule has 0 saturated carbocycles. The summed E-state index contributed by atoms with van der Waals surface area (Å²) < 4.78 is 15.6. The lowest BCUT2D eigenvalue weighted by Crippen LogP contribution is -2.02. The molecule has 0 spiro atoms. The van der Waals surface area contributed by atoms with Gasteiger partial charge >= 0.3 is 5.97 Å². The van der Waals surface area contributed by atoms with Crippen LogP contribution in [0.3, 0.4) is 0 Å². The molecule has 0 saturated heterocycles. The van der Waals surface area contributed by atoms with Crippen LogP contribution in [0, 0.1) is 0 Å². The van der Waals surface area contributed by atoms with E-state index in [0.29, 0.717) is 17.1 Å². The van der Waals surface area contributed by atoms with Crippen molar-refractivity contribution < 1.29 is 23.5 Å². The normalized spacial score (nSPS) is 11.7. The quantitative estimate of drug-likeness (QED) is 0.619. The largest absolute Gasteiger partial charge is 0.483 e. The predicted octanol–water partition coefficient (Wildman–Crippen LogP) is 3.02. The van der Waals surface area contributed by atoms with Crippen molar-refractivity contribution in [2.75, 3.05) is 7.11 Å². The van der Waals surface area contributed by atoms with Crippen molar-refractivity contribution in [1.29, 1.82) is 0 Å². The zero-order valence-electron chi connectivity index (χ0n) is 11.2. The lowest BCUT2D eigenvalue weighted by atomic mass is 10.2. The molecule has 1 heterocycles. The fourth-order valence-corrected chi connectivity index (χ4v) is 1.67. The van der Waals surface area contributed by atoms with Gasteiger partial charge in [0.05, 0.1) is 7.11 Å². The van der Waals surface area contributed by atoms with E-state index in [-0.39, 0.29) is 11.9 Å². The fourth-order valence-electron chi connectivity index (χ4n) is 1.67. The smallest absolute Gasteiger partial charge is 0.373 e. The fraction of sp³-hybridized carbons (Fsp3) is 0.200. The third kappa shape index (κ3) is 3.06. The van der Waals surface area contributed by atoms with Crippen LogP contribution in [0.5, 0.6) is 5.75 Å². The SMILES string of the molecule is COC(=O)c1ccc(C(C)Oc2ccc(C=O)cc2)o1. The summed E-state index contributed by atoms with van der Waals surface area (Å²) in [4.78, 5) is 21.8. The molecule has 2 aromatic rings. The Morgan fingerprint density at radius 1 is 1.20 bits per heavy atom. The van der Waals surface area contributed by atoms with Gasteiger partial charge in [-0.15, -0.1) is 0 Å². The maximum absolute atomic E-state index is 11.3. The molecule has 0 aliphatic carbocycles. The van der Waals surface area contributed by atoms with E-state index in [2.05, 4.69) is 4.74 Å². The summed E-state index contributed by atoms with van der Waals surface area (Å²) in [6.45, 7) is 1.80. The first-order chi connectivity index (χ1) is 9.63. The van der Waals surface area contributed by atoms with Crippen LogP contribution in [0.25, 0.3) is 0 Å². The van der Waals surface area contributed by atoms with Crippen molar-refractivity contribution in [1.82, 2.24) is 0 Å². The zero-order chi connectivity index (χ0) is 14.5. The summed E-state index contributed by atoms with van der Waals surface area (Å²) in [5.41, 5.74) is 0.580. The van der Waals surface area contributed by atoms with Crippen molar-refractivity contribution >= 4 is 12.3 Å². The summed E-state index contributed by atoms with van der Waals surface area (Å²) in [6, 6.07) is 9.93. The Labute approximate surface area is 116 Å². The van der Waals surface area contributed by atoms with E-state index in [0.717, 1.165) is 6.29 Å². The second-order valence-electron chi connectivity index (χ2n) is 4.14. The van der Waals surface area contributed by atoms with Crippen molar-refractivity contribution in [2.24, 2.45) is 0 Å². The molecule has 1 aromatic heterocycles. The lowest BCUT2D eigenvalue weighted by molar-refractivity contribution is 0.0558. The minimum absolute atomic E-state index is 0.134. The molecule has 0 N–H and O–H groups in total. The van der Waals surface area contributed by atoms with Crippen molar-refractivity contribution in [3.63, 3.8) is 0 Å². The third-order valence-corrected chi connectivity index (χ3v) is 2.74. The highest BCUT2D eigenvalue weighted by Gasteiger charge is 2.16. The van der Waals surface area contributed by atoms with Gasteiger partial charge in [-0.2, -0.15) is 0 Å². The number of aldehydes is 1. The van der Waals surface area contributed by atoms with Gasteiger partial charge in [-0.3, -0.25) is 4.79 Å². The van der Waals surface area contributed by atoms with Gasteiger partial charge in [0.25, 0.3) is 0 Å². The number of hydrogen-bond donors (Lipinski definition) is 0. The molecule has 0 amide bonds. The van der Waals surface area contributed by atoms with Crippen LogP contribution in [-0.2, 0) is 4.74 Å². The molecule has 104 valence electrons. The first-order valence-electron chi connectivity index (χ1n) is 6.04. The van der Waals surface area contributed by atoms with Crippen LogP contribution in [0.2, 0.25) is 0 Å². The van der Waals surface area contributed by atoms with Crippen LogP contribution in [0.4, 0.5) is 0 Å². The molecule has 0 radical (unpaired) electrons. The number of carbonyl (C=O) groups excluding carboxylic acids is 2. The van der Waals surface area contributed by atoms with E-state index in [1.165, 1.54) is 13.2 Å². The van der Waals surface area contributed by atoms with Crippen molar-refractivity contribution in [2.45, 2.75) is 13.0 Å². The number of rotatable bonds is 5. The second-order valence-corrected chi connectivity index (χ2v) is 4.14. The van der Waals surface area contributed by atoms with E-state index in [1.807, 2.05) is 0 Å². The Hall–Kier alpha value is -2.56. The average molecular weight is 274 g/mol. The van der Waals surface area contributed by atoms with Crippen LogP contribution < -0.4 is 4.74 Å². The second kappa shape index (κ2) is 6.06.